The zero-order chi connectivity index (χ0) is 9.23. The van der Waals surface area contributed by atoms with Gasteiger partial charge in [-0.25, -0.2) is 0 Å². The van der Waals surface area contributed by atoms with Crippen LogP contribution in [-0.4, -0.2) is 11.1 Å². The van der Waals surface area contributed by atoms with Crippen LogP contribution in [0.3, 0.4) is 0 Å². The Balaban J connectivity index is 3.20. The highest BCUT2D eigenvalue weighted by Gasteiger charge is 1.90. The summed E-state index contributed by atoms with van der Waals surface area (Å²) in [4.78, 5) is 10.1. The molecule has 0 amide bonds. The average molecular weight is 168 g/mol. The highest BCUT2D eigenvalue weighted by Crippen LogP contribution is 1.96. The van der Waals surface area contributed by atoms with Gasteiger partial charge in [-0.1, -0.05) is 24.3 Å². The first kappa shape index (κ1) is 11.0. The van der Waals surface area contributed by atoms with Gasteiger partial charge >= 0.3 is 5.97 Å². The molecule has 0 unspecified atom stereocenters. The van der Waals surface area contributed by atoms with E-state index in [1.165, 1.54) is 0 Å². The second kappa shape index (κ2) is 8.05. The summed E-state index contributed by atoms with van der Waals surface area (Å²) in [5, 5.41) is 8.31. The molecule has 0 aliphatic carbocycles. The fourth-order valence-electron chi connectivity index (χ4n) is 0.802. The number of aliphatic carboxylic acids is 1. The molecule has 0 saturated heterocycles. The summed E-state index contributed by atoms with van der Waals surface area (Å²) in [5.41, 5.74) is 0. The highest BCUT2D eigenvalue weighted by atomic mass is 16.4. The normalized spacial score (nSPS) is 11.4. The molecule has 0 bridgehead atoms. The van der Waals surface area contributed by atoms with E-state index in [1.54, 1.807) is 0 Å². The molecular weight excluding hydrogens is 152 g/mol. The molecule has 0 spiro atoms. The van der Waals surface area contributed by atoms with Crippen molar-refractivity contribution in [3.8, 4) is 0 Å². The molecule has 68 valence electrons. The second-order valence-corrected chi connectivity index (χ2v) is 2.55. The SMILES string of the molecule is C/C=C\CC/C=C/CCC(=O)O. The Labute approximate surface area is 73.6 Å². The van der Waals surface area contributed by atoms with Gasteiger partial charge in [-0.05, 0) is 26.2 Å². The van der Waals surface area contributed by atoms with Crippen LogP contribution in [-0.2, 0) is 4.79 Å². The van der Waals surface area contributed by atoms with Crippen molar-refractivity contribution in [3.63, 3.8) is 0 Å². The van der Waals surface area contributed by atoms with Gasteiger partial charge in [-0.3, -0.25) is 4.79 Å². The van der Waals surface area contributed by atoms with Crippen LogP contribution in [0.5, 0.6) is 0 Å². The molecule has 0 fully saturated rings. The molecule has 0 rings (SSSR count). The molecule has 1 N–H and O–H groups in total. The lowest BCUT2D eigenvalue weighted by atomic mass is 10.2. The molecule has 0 aromatic rings. The van der Waals surface area contributed by atoms with E-state index < -0.39 is 5.97 Å². The van der Waals surface area contributed by atoms with Crippen LogP contribution in [0.25, 0.3) is 0 Å². The van der Waals surface area contributed by atoms with E-state index in [9.17, 15) is 4.79 Å². The summed E-state index contributed by atoms with van der Waals surface area (Å²) in [5.74, 6) is -0.729. The smallest absolute Gasteiger partial charge is 0.303 e. The number of carboxylic acid groups (broad SMARTS) is 1. The third-order valence-corrected chi connectivity index (χ3v) is 1.43. The zero-order valence-electron chi connectivity index (χ0n) is 7.49. The van der Waals surface area contributed by atoms with Gasteiger partial charge < -0.3 is 5.11 Å². The summed E-state index contributed by atoms with van der Waals surface area (Å²) in [6.45, 7) is 1.99. The molecule has 0 aromatic carbocycles. The summed E-state index contributed by atoms with van der Waals surface area (Å²) >= 11 is 0. The van der Waals surface area contributed by atoms with E-state index in [0.717, 1.165) is 12.8 Å². The minimum absolute atomic E-state index is 0.236. The summed E-state index contributed by atoms with van der Waals surface area (Å²) in [6, 6.07) is 0. The van der Waals surface area contributed by atoms with Crippen LogP contribution in [0.2, 0.25) is 0 Å². The number of allylic oxidation sites excluding steroid dienone is 4. The van der Waals surface area contributed by atoms with Gasteiger partial charge in [0.1, 0.15) is 0 Å². The van der Waals surface area contributed by atoms with Gasteiger partial charge in [-0.15, -0.1) is 0 Å². The lowest BCUT2D eigenvalue weighted by Gasteiger charge is -1.87. The van der Waals surface area contributed by atoms with Gasteiger partial charge in [0.05, 0.1) is 0 Å². The van der Waals surface area contributed by atoms with E-state index in [2.05, 4.69) is 6.08 Å². The number of carboxylic acids is 1. The van der Waals surface area contributed by atoms with E-state index in [-0.39, 0.29) is 6.42 Å². The van der Waals surface area contributed by atoms with Crippen LogP contribution in [0.1, 0.15) is 32.6 Å². The average Bonchev–Trinajstić information content (AvgIpc) is 2.02. The number of hydrogen-bond acceptors (Lipinski definition) is 1. The minimum atomic E-state index is -0.729. The highest BCUT2D eigenvalue weighted by molar-refractivity contribution is 5.66. The number of rotatable bonds is 6. The lowest BCUT2D eigenvalue weighted by Crippen LogP contribution is -1.91. The molecule has 0 heterocycles. The summed E-state index contributed by atoms with van der Waals surface area (Å²) in [7, 11) is 0. The fraction of sp³-hybridized carbons (Fsp3) is 0.500. The van der Waals surface area contributed by atoms with Gasteiger partial charge in [-0.2, -0.15) is 0 Å². The van der Waals surface area contributed by atoms with Crippen molar-refractivity contribution in [1.82, 2.24) is 0 Å². The van der Waals surface area contributed by atoms with Gasteiger partial charge in [0, 0.05) is 6.42 Å². The van der Waals surface area contributed by atoms with Crippen molar-refractivity contribution in [1.29, 1.82) is 0 Å². The molecule has 0 atom stereocenters. The quantitative estimate of drug-likeness (QED) is 0.489. The molecule has 0 aliphatic heterocycles. The first-order chi connectivity index (χ1) is 5.77. The van der Waals surface area contributed by atoms with Crippen LogP contribution >= 0.6 is 0 Å². The molecular formula is C10H16O2. The molecule has 2 nitrogen and oxygen atoms in total. The van der Waals surface area contributed by atoms with Crippen molar-refractivity contribution in [2.24, 2.45) is 0 Å². The van der Waals surface area contributed by atoms with Crippen molar-refractivity contribution in [2.75, 3.05) is 0 Å². The second-order valence-electron chi connectivity index (χ2n) is 2.55. The molecule has 0 saturated carbocycles. The summed E-state index contributed by atoms with van der Waals surface area (Å²) < 4.78 is 0. The number of carbonyl (C=O) groups is 1. The predicted octanol–water partition coefficient (Wildman–Crippen LogP) is 2.76. The van der Waals surface area contributed by atoms with Crippen LogP contribution in [0, 0.1) is 0 Å². The first-order valence-electron chi connectivity index (χ1n) is 4.25. The molecule has 2 heteroatoms. The Morgan fingerprint density at radius 2 is 1.75 bits per heavy atom. The third-order valence-electron chi connectivity index (χ3n) is 1.43. The van der Waals surface area contributed by atoms with Crippen LogP contribution in [0.15, 0.2) is 24.3 Å². The van der Waals surface area contributed by atoms with Crippen molar-refractivity contribution >= 4 is 5.97 Å². The Morgan fingerprint density at radius 3 is 2.33 bits per heavy atom. The maximum absolute atomic E-state index is 10.1. The maximum atomic E-state index is 10.1. The molecule has 0 aromatic heterocycles. The number of hydrogen-bond donors (Lipinski definition) is 1. The predicted molar refractivity (Wildman–Crippen MR) is 50.1 cm³/mol. The van der Waals surface area contributed by atoms with E-state index >= 15 is 0 Å². The van der Waals surface area contributed by atoms with Crippen molar-refractivity contribution < 1.29 is 9.90 Å². The van der Waals surface area contributed by atoms with Crippen LogP contribution in [0.4, 0.5) is 0 Å². The Kier molecular flexibility index (Phi) is 7.35. The van der Waals surface area contributed by atoms with Crippen molar-refractivity contribution in [3.05, 3.63) is 24.3 Å². The topological polar surface area (TPSA) is 37.3 Å². The van der Waals surface area contributed by atoms with Gasteiger partial charge in [0.2, 0.25) is 0 Å². The largest absolute Gasteiger partial charge is 0.481 e. The Morgan fingerprint density at radius 1 is 1.17 bits per heavy atom. The Bertz CT molecular complexity index is 169. The fourth-order valence-corrected chi connectivity index (χ4v) is 0.802. The zero-order valence-corrected chi connectivity index (χ0v) is 7.49. The van der Waals surface area contributed by atoms with E-state index in [4.69, 9.17) is 5.11 Å². The first-order valence-corrected chi connectivity index (χ1v) is 4.25. The van der Waals surface area contributed by atoms with Gasteiger partial charge in [0.25, 0.3) is 0 Å². The Hall–Kier alpha value is -1.05. The molecule has 0 radical (unpaired) electrons. The van der Waals surface area contributed by atoms with E-state index in [1.807, 2.05) is 25.2 Å². The molecule has 0 aliphatic rings. The van der Waals surface area contributed by atoms with Crippen molar-refractivity contribution in [2.45, 2.75) is 32.6 Å². The van der Waals surface area contributed by atoms with E-state index in [0.29, 0.717) is 6.42 Å². The maximum Gasteiger partial charge on any atom is 0.303 e. The third kappa shape index (κ3) is 8.95. The molecule has 12 heavy (non-hydrogen) atoms. The van der Waals surface area contributed by atoms with Crippen LogP contribution < -0.4 is 0 Å². The summed E-state index contributed by atoms with van der Waals surface area (Å²) in [6.07, 6.45) is 11.0. The monoisotopic (exact) mass is 168 g/mol. The minimum Gasteiger partial charge on any atom is -0.481 e. The van der Waals surface area contributed by atoms with Gasteiger partial charge in [0.15, 0.2) is 0 Å². The number of unbranched alkanes of at least 4 members (excludes halogenated alkanes) is 1. The lowest BCUT2D eigenvalue weighted by molar-refractivity contribution is -0.136. The standard InChI is InChI=1S/C10H16O2/c1-2-3-4-5-6-7-8-9-10(11)12/h2-3,6-7H,4-5,8-9H2,1H3,(H,11,12)/b3-2-,7-6+.